The molecular weight excluding hydrogens is 197 g/mol. The van der Waals surface area contributed by atoms with E-state index in [1.807, 2.05) is 0 Å². The van der Waals surface area contributed by atoms with Crippen LogP contribution in [-0.2, 0) is 9.53 Å². The van der Waals surface area contributed by atoms with E-state index in [-0.39, 0.29) is 11.6 Å². The fourth-order valence-corrected chi connectivity index (χ4v) is 0.544. The summed E-state index contributed by atoms with van der Waals surface area (Å²) >= 11 is 5.40. The number of nitrogens with two attached hydrogens (primary N) is 1. The number of ether oxygens (including phenoxy) is 1. The Hall–Kier alpha value is -1.29. The molecule has 0 heterocycles. The van der Waals surface area contributed by atoms with Crippen molar-refractivity contribution < 1.29 is 13.9 Å². The predicted octanol–water partition coefficient (Wildman–Crippen LogP) is 1.61. The number of hydrogen-bond donors (Lipinski definition) is 1. The van der Waals surface area contributed by atoms with Gasteiger partial charge in [0.1, 0.15) is 5.83 Å². The normalized spacial score (nSPS) is 12.5. The smallest absolute Gasteiger partial charge is 0.255 e. The highest BCUT2D eigenvalue weighted by atomic mass is 35.5. The summed E-state index contributed by atoms with van der Waals surface area (Å²) in [5.41, 5.74) is 4.76. The van der Waals surface area contributed by atoms with E-state index in [0.29, 0.717) is 0 Å². The van der Waals surface area contributed by atoms with Gasteiger partial charge in [-0.2, -0.15) is 0 Å². The van der Waals surface area contributed by atoms with E-state index in [2.05, 4.69) is 11.3 Å². The van der Waals surface area contributed by atoms with Crippen molar-refractivity contribution in [2.24, 2.45) is 5.73 Å². The van der Waals surface area contributed by atoms with Crippen LogP contribution < -0.4 is 5.73 Å². The molecule has 0 unspecified atom stereocenters. The number of primary amides is 1. The van der Waals surface area contributed by atoms with Gasteiger partial charge in [0.2, 0.25) is 0 Å². The number of allylic oxidation sites excluding steroid dienone is 4. The molecule has 0 bridgehead atoms. The van der Waals surface area contributed by atoms with Crippen molar-refractivity contribution in [2.75, 3.05) is 6.61 Å². The Balaban J connectivity index is 3.98. The van der Waals surface area contributed by atoms with Gasteiger partial charge in [-0.15, -0.1) is 0 Å². The van der Waals surface area contributed by atoms with Crippen molar-refractivity contribution in [1.29, 1.82) is 0 Å². The highest BCUT2D eigenvalue weighted by Gasteiger charge is 1.94. The van der Waals surface area contributed by atoms with Crippen LogP contribution in [0.1, 0.15) is 0 Å². The van der Waals surface area contributed by atoms with E-state index < -0.39 is 11.7 Å². The molecule has 0 radical (unpaired) electrons. The lowest BCUT2D eigenvalue weighted by Gasteiger charge is -1.94. The lowest BCUT2D eigenvalue weighted by Crippen LogP contribution is -2.16. The van der Waals surface area contributed by atoms with Crippen LogP contribution in [0.4, 0.5) is 4.39 Å². The van der Waals surface area contributed by atoms with Crippen LogP contribution in [0.3, 0.4) is 0 Å². The molecule has 0 aromatic heterocycles. The minimum atomic E-state index is -0.666. The third kappa shape index (κ3) is 5.93. The molecule has 0 saturated carbocycles. The van der Waals surface area contributed by atoms with Gasteiger partial charge < -0.3 is 10.5 Å². The molecule has 0 aromatic carbocycles. The van der Waals surface area contributed by atoms with Crippen LogP contribution in [0, 0.1) is 0 Å². The van der Waals surface area contributed by atoms with Crippen molar-refractivity contribution in [3.8, 4) is 0 Å². The first-order valence-electron chi connectivity index (χ1n) is 3.32. The van der Waals surface area contributed by atoms with Crippen LogP contribution >= 0.6 is 11.6 Å². The summed E-state index contributed by atoms with van der Waals surface area (Å²) < 4.78 is 17.1. The standard InChI is InChI=1S/C8H9ClFNO2/c1-2-7(10)6(9)3-4-13-5-8(11)12/h2-4H,1,5H2,(H2,11,12)/b4-3+,7-6-. The number of amides is 1. The maximum Gasteiger partial charge on any atom is 0.255 e. The summed E-state index contributed by atoms with van der Waals surface area (Å²) in [5, 5.41) is -0.153. The summed E-state index contributed by atoms with van der Waals surface area (Å²) in [7, 11) is 0. The number of halogens is 2. The monoisotopic (exact) mass is 205 g/mol. The van der Waals surface area contributed by atoms with Crippen LogP contribution in [0.5, 0.6) is 0 Å². The third-order valence-corrected chi connectivity index (χ3v) is 1.25. The lowest BCUT2D eigenvalue weighted by molar-refractivity contribution is -0.120. The summed E-state index contributed by atoms with van der Waals surface area (Å²) in [4.78, 5) is 10.2. The molecule has 0 rings (SSSR count). The average molecular weight is 206 g/mol. The molecular formula is C8H9ClFNO2. The first-order chi connectivity index (χ1) is 6.07. The van der Waals surface area contributed by atoms with Crippen LogP contribution in [0.15, 0.2) is 35.9 Å². The van der Waals surface area contributed by atoms with E-state index in [9.17, 15) is 9.18 Å². The predicted molar refractivity (Wildman–Crippen MR) is 48.5 cm³/mol. The van der Waals surface area contributed by atoms with Gasteiger partial charge in [0.05, 0.1) is 11.3 Å². The van der Waals surface area contributed by atoms with Crippen LogP contribution in [0.25, 0.3) is 0 Å². The fraction of sp³-hybridized carbons (Fsp3) is 0.125. The second kappa shape index (κ2) is 6.25. The summed E-state index contributed by atoms with van der Waals surface area (Å²) in [6, 6.07) is 0. The van der Waals surface area contributed by atoms with E-state index in [0.717, 1.165) is 18.4 Å². The first kappa shape index (κ1) is 11.7. The SMILES string of the molecule is C=C/C(F)=C(Cl)\C=C\OCC(N)=O. The molecule has 2 N–H and O–H groups in total. The molecule has 0 fully saturated rings. The second-order valence-electron chi connectivity index (χ2n) is 1.98. The van der Waals surface area contributed by atoms with Crippen molar-refractivity contribution in [1.82, 2.24) is 0 Å². The highest BCUT2D eigenvalue weighted by molar-refractivity contribution is 6.31. The maximum absolute atomic E-state index is 12.5. The molecule has 0 spiro atoms. The zero-order valence-electron chi connectivity index (χ0n) is 6.80. The Morgan fingerprint density at radius 1 is 1.69 bits per heavy atom. The molecule has 0 saturated heterocycles. The molecule has 1 amide bonds. The Bertz CT molecular complexity index is 261. The third-order valence-electron chi connectivity index (χ3n) is 0.944. The molecule has 0 aliphatic rings. The quantitative estimate of drug-likeness (QED) is 0.548. The number of carbonyl (C=O) groups is 1. The largest absolute Gasteiger partial charge is 0.491 e. The number of carbonyl (C=O) groups excluding carboxylic acids is 1. The minimum Gasteiger partial charge on any atom is -0.491 e. The minimum absolute atomic E-state index is 0.153. The van der Waals surface area contributed by atoms with Crippen molar-refractivity contribution in [2.45, 2.75) is 0 Å². The Morgan fingerprint density at radius 3 is 2.77 bits per heavy atom. The van der Waals surface area contributed by atoms with Gasteiger partial charge in [0.15, 0.2) is 6.61 Å². The molecule has 3 nitrogen and oxygen atoms in total. The van der Waals surface area contributed by atoms with Crippen molar-refractivity contribution in [3.05, 3.63) is 35.9 Å². The fourth-order valence-electron chi connectivity index (χ4n) is 0.415. The van der Waals surface area contributed by atoms with Gasteiger partial charge in [-0.1, -0.05) is 18.2 Å². The van der Waals surface area contributed by atoms with E-state index >= 15 is 0 Å². The van der Waals surface area contributed by atoms with Crippen molar-refractivity contribution in [3.63, 3.8) is 0 Å². The zero-order chi connectivity index (χ0) is 10.3. The van der Waals surface area contributed by atoms with Gasteiger partial charge in [-0.05, 0) is 12.2 Å². The zero-order valence-corrected chi connectivity index (χ0v) is 7.55. The molecule has 72 valence electrons. The molecule has 0 atom stereocenters. The molecule has 0 aliphatic heterocycles. The molecule has 13 heavy (non-hydrogen) atoms. The first-order valence-corrected chi connectivity index (χ1v) is 3.70. The summed E-state index contributed by atoms with van der Waals surface area (Å²) in [6.07, 6.45) is 3.19. The Kier molecular flexibility index (Phi) is 5.63. The van der Waals surface area contributed by atoms with E-state index in [4.69, 9.17) is 17.3 Å². The molecule has 5 heteroatoms. The van der Waals surface area contributed by atoms with Crippen LogP contribution in [0.2, 0.25) is 0 Å². The molecule has 0 aliphatic carbocycles. The van der Waals surface area contributed by atoms with E-state index in [1.165, 1.54) is 0 Å². The van der Waals surface area contributed by atoms with Gasteiger partial charge in [-0.3, -0.25) is 4.79 Å². The Morgan fingerprint density at radius 2 is 2.31 bits per heavy atom. The topological polar surface area (TPSA) is 52.3 Å². The van der Waals surface area contributed by atoms with Crippen LogP contribution in [-0.4, -0.2) is 12.5 Å². The maximum atomic E-state index is 12.5. The van der Waals surface area contributed by atoms with Gasteiger partial charge in [-0.25, -0.2) is 4.39 Å². The Labute approximate surface area is 80.3 Å². The van der Waals surface area contributed by atoms with Crippen molar-refractivity contribution >= 4 is 17.5 Å². The number of hydrogen-bond acceptors (Lipinski definition) is 2. The van der Waals surface area contributed by atoms with E-state index in [1.54, 1.807) is 0 Å². The average Bonchev–Trinajstić information content (AvgIpc) is 2.10. The summed E-state index contributed by atoms with van der Waals surface area (Å²) in [6.45, 7) is 2.90. The van der Waals surface area contributed by atoms with Gasteiger partial charge in [0, 0.05) is 0 Å². The molecule has 0 aromatic rings. The summed E-state index contributed by atoms with van der Waals surface area (Å²) in [5.74, 6) is -1.28. The van der Waals surface area contributed by atoms with Gasteiger partial charge in [0.25, 0.3) is 5.91 Å². The number of rotatable bonds is 5. The lowest BCUT2D eigenvalue weighted by atomic mass is 10.4. The van der Waals surface area contributed by atoms with Gasteiger partial charge >= 0.3 is 0 Å². The second-order valence-corrected chi connectivity index (χ2v) is 2.39. The highest BCUT2D eigenvalue weighted by Crippen LogP contribution is 2.12.